The van der Waals surface area contributed by atoms with Crippen LogP contribution in [0.25, 0.3) is 10.8 Å². The molecule has 5 N–H and O–H groups in total. The number of hydrogen-bond donors (Lipinski definition) is 4. The van der Waals surface area contributed by atoms with Crippen molar-refractivity contribution in [2.45, 2.75) is 61.3 Å². The van der Waals surface area contributed by atoms with Gasteiger partial charge in [0.15, 0.2) is 0 Å². The molecule has 1 amide bonds. The van der Waals surface area contributed by atoms with Gasteiger partial charge in [-0.2, -0.15) is 9.03 Å². The SMILES string of the molecule is CC(C)CN([C@@H](CO)CCCCNC(=O)[C@H](Cc1ccc2ccccc2c1)NS(=O)(=O)C1OC=CS1)S(=O)(=O)c1ccc(F)c(N)c1. The summed E-state index contributed by atoms with van der Waals surface area (Å²) in [5, 5.41) is 16.5. The molecule has 0 saturated heterocycles. The number of hydrogen-bond acceptors (Lipinski definition) is 9. The molecule has 11 nitrogen and oxygen atoms in total. The largest absolute Gasteiger partial charge is 0.470 e. The van der Waals surface area contributed by atoms with Crippen LogP contribution >= 0.6 is 11.8 Å². The first-order chi connectivity index (χ1) is 22.3. The highest BCUT2D eigenvalue weighted by molar-refractivity contribution is 8.14. The van der Waals surface area contributed by atoms with Crippen molar-refractivity contribution in [3.63, 3.8) is 0 Å². The lowest BCUT2D eigenvalue weighted by atomic mass is 10.0. The van der Waals surface area contributed by atoms with Crippen LogP contribution in [0.15, 0.2) is 77.2 Å². The Morgan fingerprint density at radius 2 is 1.81 bits per heavy atom. The molecule has 0 aromatic heterocycles. The van der Waals surface area contributed by atoms with Crippen molar-refractivity contribution in [3.05, 3.63) is 83.7 Å². The van der Waals surface area contributed by atoms with Crippen molar-refractivity contribution in [1.82, 2.24) is 14.3 Å². The molecule has 4 rings (SSSR count). The molecular formula is C32H41FN4O7S3. The Morgan fingerprint density at radius 3 is 2.47 bits per heavy atom. The molecular weight excluding hydrogens is 668 g/mol. The van der Waals surface area contributed by atoms with Gasteiger partial charge in [-0.1, -0.05) is 74.5 Å². The maximum absolute atomic E-state index is 13.7. The number of thioether (sulfide) groups is 1. The van der Waals surface area contributed by atoms with E-state index in [4.69, 9.17) is 10.5 Å². The molecule has 0 spiro atoms. The van der Waals surface area contributed by atoms with Gasteiger partial charge in [-0.3, -0.25) is 4.79 Å². The quantitative estimate of drug-likeness (QED) is 0.120. The van der Waals surface area contributed by atoms with Crippen LogP contribution in [0.4, 0.5) is 10.1 Å². The standard InChI is InChI=1S/C32H41FN4O7S3/c1-22(2)20-37(47(42,43)27-12-13-28(33)29(34)19-27)26(21-38)9-5-6-14-35-31(39)30(36-46(40,41)32-44-15-16-45-32)18-23-10-11-24-7-3-4-8-25(24)17-23/h3-4,7-8,10-13,15-17,19,22,26,30,32,36,38H,5-6,9,14,18,20-21,34H2,1-2H3,(H,35,39)/t26-,30+,32?/m1/s1. The van der Waals surface area contributed by atoms with Gasteiger partial charge in [0.2, 0.25) is 15.9 Å². The van der Waals surface area contributed by atoms with Crippen molar-refractivity contribution in [2.24, 2.45) is 5.92 Å². The molecule has 0 fully saturated rings. The lowest BCUT2D eigenvalue weighted by molar-refractivity contribution is -0.122. The zero-order valence-corrected chi connectivity index (χ0v) is 28.7. The molecule has 1 aliphatic rings. The normalized spacial score (nSPS) is 16.4. The van der Waals surface area contributed by atoms with E-state index in [1.165, 1.54) is 16.0 Å². The second-order valence-corrected chi connectivity index (χ2v) is 16.6. The summed E-state index contributed by atoms with van der Waals surface area (Å²) in [6, 6.07) is 14.7. The maximum Gasteiger partial charge on any atom is 0.262 e. The van der Waals surface area contributed by atoms with Crippen LogP contribution in [-0.4, -0.2) is 68.7 Å². The molecule has 3 atom stereocenters. The molecule has 1 aliphatic heterocycles. The van der Waals surface area contributed by atoms with E-state index in [2.05, 4.69) is 10.0 Å². The molecule has 1 heterocycles. The van der Waals surface area contributed by atoms with Gasteiger partial charge in [0.05, 0.1) is 23.5 Å². The number of nitrogens with two attached hydrogens (primary N) is 1. The lowest BCUT2D eigenvalue weighted by Gasteiger charge is -2.31. The van der Waals surface area contributed by atoms with E-state index in [-0.39, 0.29) is 42.4 Å². The number of fused-ring (bicyclic) bond motifs is 1. The smallest absolute Gasteiger partial charge is 0.262 e. The molecule has 47 heavy (non-hydrogen) atoms. The number of rotatable bonds is 17. The minimum absolute atomic E-state index is 0.0666. The number of amides is 1. The fourth-order valence-corrected chi connectivity index (χ4v) is 9.28. The molecule has 0 saturated carbocycles. The third-order valence-corrected chi connectivity index (χ3v) is 12.4. The van der Waals surface area contributed by atoms with Crippen LogP contribution in [0.2, 0.25) is 0 Å². The number of nitrogens with one attached hydrogen (secondary N) is 2. The van der Waals surface area contributed by atoms with Crippen LogP contribution in [-0.2, 0) is 36.0 Å². The number of ether oxygens (including phenoxy) is 1. The highest BCUT2D eigenvalue weighted by atomic mass is 32.3. The van der Waals surface area contributed by atoms with Crippen LogP contribution in [0.5, 0.6) is 0 Å². The number of carbonyl (C=O) groups is 1. The number of nitrogens with zero attached hydrogens (tertiary/aromatic N) is 1. The molecule has 256 valence electrons. The summed E-state index contributed by atoms with van der Waals surface area (Å²) in [6.07, 6.45) is 2.55. The average molecular weight is 709 g/mol. The second kappa shape index (κ2) is 16.3. The van der Waals surface area contributed by atoms with Crippen molar-refractivity contribution in [3.8, 4) is 0 Å². The number of halogens is 1. The first-order valence-corrected chi connectivity index (χ1v) is 19.1. The molecule has 3 aromatic rings. The van der Waals surface area contributed by atoms with E-state index in [1.807, 2.05) is 56.3 Å². The average Bonchev–Trinajstić information content (AvgIpc) is 3.59. The van der Waals surface area contributed by atoms with Crippen LogP contribution in [0.1, 0.15) is 38.7 Å². The molecule has 15 heteroatoms. The number of unbranched alkanes of at least 4 members (excludes halogenated alkanes) is 1. The van der Waals surface area contributed by atoms with Crippen LogP contribution in [0, 0.1) is 11.7 Å². The number of aliphatic hydroxyl groups excluding tert-OH is 1. The zero-order chi connectivity index (χ0) is 34.2. The summed E-state index contributed by atoms with van der Waals surface area (Å²) >= 11 is 0.973. The van der Waals surface area contributed by atoms with Gasteiger partial charge in [-0.05, 0) is 59.7 Å². The predicted octanol–water partition coefficient (Wildman–Crippen LogP) is 3.90. The highest BCUT2D eigenvalue weighted by Crippen LogP contribution is 2.27. The Labute approximate surface area is 279 Å². The van der Waals surface area contributed by atoms with E-state index in [1.54, 1.807) is 0 Å². The van der Waals surface area contributed by atoms with Crippen LogP contribution in [0.3, 0.4) is 0 Å². The van der Waals surface area contributed by atoms with Gasteiger partial charge in [0, 0.05) is 24.5 Å². The summed E-state index contributed by atoms with van der Waals surface area (Å²) in [5.41, 5.74) is 6.10. The van der Waals surface area contributed by atoms with Crippen molar-refractivity contribution < 1.29 is 35.9 Å². The van der Waals surface area contributed by atoms with Crippen molar-refractivity contribution in [1.29, 1.82) is 0 Å². The first kappa shape index (κ1) is 36.6. The summed E-state index contributed by atoms with van der Waals surface area (Å²) < 4.78 is 74.5. The monoisotopic (exact) mass is 708 g/mol. The number of nitrogen functional groups attached to an aromatic ring is 1. The molecule has 0 bridgehead atoms. The fourth-order valence-electron chi connectivity index (χ4n) is 5.20. The Hall–Kier alpha value is -3.21. The topological polar surface area (TPSA) is 168 Å². The summed E-state index contributed by atoms with van der Waals surface area (Å²) in [5.74, 6) is -1.31. The maximum atomic E-state index is 13.7. The van der Waals surface area contributed by atoms with E-state index < -0.39 is 55.2 Å². The molecule has 0 aliphatic carbocycles. The number of aliphatic hydroxyl groups is 1. The Kier molecular flexibility index (Phi) is 12.7. The van der Waals surface area contributed by atoms with Crippen molar-refractivity contribution >= 4 is 54.2 Å². The van der Waals surface area contributed by atoms with Crippen molar-refractivity contribution in [2.75, 3.05) is 25.4 Å². The fraction of sp³-hybridized carbons (Fsp3) is 0.406. The Bertz CT molecular complexity index is 1780. The summed E-state index contributed by atoms with van der Waals surface area (Å²) in [7, 11) is -8.14. The van der Waals surface area contributed by atoms with Gasteiger partial charge in [-0.25, -0.2) is 21.2 Å². The van der Waals surface area contributed by atoms with E-state index in [0.29, 0.717) is 12.8 Å². The number of anilines is 1. The van der Waals surface area contributed by atoms with Gasteiger partial charge in [-0.15, -0.1) is 0 Å². The van der Waals surface area contributed by atoms with E-state index in [9.17, 15) is 31.1 Å². The minimum Gasteiger partial charge on any atom is -0.470 e. The van der Waals surface area contributed by atoms with E-state index >= 15 is 0 Å². The highest BCUT2D eigenvalue weighted by Gasteiger charge is 2.34. The number of sulfonamides is 2. The van der Waals surface area contributed by atoms with Gasteiger partial charge < -0.3 is 20.9 Å². The molecule has 1 unspecified atom stereocenters. The van der Waals surface area contributed by atoms with Gasteiger partial charge in [0.1, 0.15) is 11.9 Å². The number of carbonyl (C=O) groups excluding carboxylic acids is 1. The Balaban J connectivity index is 1.40. The zero-order valence-electron chi connectivity index (χ0n) is 26.2. The first-order valence-electron chi connectivity index (χ1n) is 15.2. The molecule has 3 aromatic carbocycles. The summed E-state index contributed by atoms with van der Waals surface area (Å²) in [6.45, 7) is 3.57. The number of benzene rings is 3. The third-order valence-electron chi connectivity index (χ3n) is 7.57. The summed E-state index contributed by atoms with van der Waals surface area (Å²) in [4.78, 5) is 13.2. The lowest BCUT2D eigenvalue weighted by Crippen LogP contribution is -2.50. The predicted molar refractivity (Wildman–Crippen MR) is 182 cm³/mol. The molecule has 0 radical (unpaired) electrons. The van der Waals surface area contributed by atoms with Gasteiger partial charge in [0.25, 0.3) is 14.8 Å². The Morgan fingerprint density at radius 1 is 1.06 bits per heavy atom. The second-order valence-electron chi connectivity index (χ2n) is 11.7. The van der Waals surface area contributed by atoms with Gasteiger partial charge >= 0.3 is 0 Å². The van der Waals surface area contributed by atoms with Crippen LogP contribution < -0.4 is 15.8 Å². The third kappa shape index (κ3) is 9.67. The minimum atomic E-state index is -4.11. The van der Waals surface area contributed by atoms with E-state index in [0.717, 1.165) is 46.3 Å².